The van der Waals surface area contributed by atoms with Gasteiger partial charge in [-0.25, -0.2) is 12.7 Å². The van der Waals surface area contributed by atoms with Gasteiger partial charge in [0.1, 0.15) is 0 Å². The lowest BCUT2D eigenvalue weighted by Crippen LogP contribution is -2.48. The number of halogens is 1. The zero-order valence-electron chi connectivity index (χ0n) is 29.8. The second kappa shape index (κ2) is 19.6. The van der Waals surface area contributed by atoms with Crippen LogP contribution in [0.5, 0.6) is 0 Å². The third-order valence-corrected chi connectivity index (χ3v) is 11.7. The minimum absolute atomic E-state index is 0.0249. The van der Waals surface area contributed by atoms with E-state index >= 15 is 0 Å². The number of hydrogen-bond acceptors (Lipinski definition) is 6. The van der Waals surface area contributed by atoms with Crippen LogP contribution >= 0.6 is 15.9 Å². The second-order valence-electron chi connectivity index (χ2n) is 11.7. The van der Waals surface area contributed by atoms with Gasteiger partial charge in [0.2, 0.25) is 15.9 Å². The maximum atomic E-state index is 14.5. The molecule has 2 aliphatic carbocycles. The Morgan fingerprint density at radius 2 is 1.50 bits per heavy atom. The van der Waals surface area contributed by atoms with Crippen LogP contribution in [0.25, 0.3) is 0 Å². The summed E-state index contributed by atoms with van der Waals surface area (Å²) in [4.78, 5) is 26.7. The van der Waals surface area contributed by atoms with E-state index in [0.29, 0.717) is 12.5 Å². The fraction of sp³-hybridized carbons (Fsp3) is 0.622. The summed E-state index contributed by atoms with van der Waals surface area (Å²) >= 11 is 2.94. The number of alkyl halides is 1. The number of amides is 1. The molecule has 0 radical (unpaired) electrons. The molecule has 2 aromatic rings. The first-order valence-corrected chi connectivity index (χ1v) is 20.1. The van der Waals surface area contributed by atoms with E-state index in [-0.39, 0.29) is 30.1 Å². The van der Waals surface area contributed by atoms with Gasteiger partial charge in [-0.3, -0.25) is 9.59 Å². The van der Waals surface area contributed by atoms with E-state index in [4.69, 9.17) is 4.74 Å². The van der Waals surface area contributed by atoms with Crippen molar-refractivity contribution < 1.29 is 22.7 Å². The van der Waals surface area contributed by atoms with Crippen molar-refractivity contribution in [2.75, 3.05) is 18.7 Å². The predicted molar refractivity (Wildman–Crippen MR) is 194 cm³/mol. The van der Waals surface area contributed by atoms with E-state index in [2.05, 4.69) is 35.1 Å². The van der Waals surface area contributed by atoms with Crippen LogP contribution in [0.3, 0.4) is 0 Å². The average molecular weight is 724 g/mol. The normalized spacial score (nSPS) is 23.7. The fourth-order valence-corrected chi connectivity index (χ4v) is 10.1. The van der Waals surface area contributed by atoms with Crippen molar-refractivity contribution in [3.8, 4) is 0 Å². The summed E-state index contributed by atoms with van der Waals surface area (Å²) in [7, 11) is -2.47. The standard InChI is InChI=1S/C30H38N2O5S.3C2H6.CH3Br/c1-29(2)23-16-17-30(29)20-38(35,36)32(25(30)18-23)28(34)24(14-15-26(33)37-3)27(22-12-8-5-9-13-22)31-19-21-10-6-4-7-11-21;4*1-2/h4-13,23-25,27,31H,14-20H2,1-3H3;3*1-2H3;1H3/t23-,24+,25?,27+,30?;;;;/m0..../s1. The Balaban J connectivity index is 0.00000123. The van der Waals surface area contributed by atoms with Crippen molar-refractivity contribution in [1.82, 2.24) is 9.62 Å². The summed E-state index contributed by atoms with van der Waals surface area (Å²) < 4.78 is 33.6. The van der Waals surface area contributed by atoms with Gasteiger partial charge in [-0.2, -0.15) is 0 Å². The Bertz CT molecular complexity index is 1290. The van der Waals surface area contributed by atoms with Crippen molar-refractivity contribution in [1.29, 1.82) is 0 Å². The molecule has 1 heterocycles. The second-order valence-corrected chi connectivity index (χ2v) is 13.6. The molecule has 1 spiro atoms. The number of benzene rings is 2. The number of nitrogens with one attached hydrogen (secondary N) is 1. The van der Waals surface area contributed by atoms with Crippen molar-refractivity contribution in [3.63, 3.8) is 0 Å². The molecule has 7 nitrogen and oxygen atoms in total. The molecule has 46 heavy (non-hydrogen) atoms. The smallest absolute Gasteiger partial charge is 0.305 e. The molecule has 2 aromatic carbocycles. The van der Waals surface area contributed by atoms with Crippen LogP contribution < -0.4 is 5.32 Å². The Labute approximate surface area is 288 Å². The highest BCUT2D eigenvalue weighted by molar-refractivity contribution is 9.08. The highest BCUT2D eigenvalue weighted by atomic mass is 79.9. The number of nitrogens with zero attached hydrogens (tertiary/aromatic N) is 1. The van der Waals surface area contributed by atoms with Gasteiger partial charge in [0.15, 0.2) is 0 Å². The zero-order chi connectivity index (χ0) is 35.1. The summed E-state index contributed by atoms with van der Waals surface area (Å²) in [6, 6.07) is 18.7. The molecular weight excluding hydrogens is 664 g/mol. The van der Waals surface area contributed by atoms with E-state index < -0.39 is 39.3 Å². The van der Waals surface area contributed by atoms with Crippen molar-refractivity contribution in [2.45, 2.75) is 106 Å². The molecule has 1 aliphatic heterocycles. The molecule has 9 heteroatoms. The molecule has 2 saturated carbocycles. The Morgan fingerprint density at radius 3 is 2.02 bits per heavy atom. The topological polar surface area (TPSA) is 92.8 Å². The predicted octanol–water partition coefficient (Wildman–Crippen LogP) is 8.54. The van der Waals surface area contributed by atoms with Crippen molar-refractivity contribution in [2.24, 2.45) is 22.7 Å². The fourth-order valence-electron chi connectivity index (χ4n) is 7.53. The van der Waals surface area contributed by atoms with E-state index in [9.17, 15) is 18.0 Å². The lowest BCUT2D eigenvalue weighted by Gasteiger charge is -2.38. The Hall–Kier alpha value is -2.23. The molecule has 1 N–H and O–H groups in total. The van der Waals surface area contributed by atoms with Gasteiger partial charge in [0.05, 0.1) is 24.8 Å². The van der Waals surface area contributed by atoms with Gasteiger partial charge >= 0.3 is 5.97 Å². The van der Waals surface area contributed by atoms with Crippen LogP contribution in [-0.4, -0.2) is 49.3 Å². The van der Waals surface area contributed by atoms with Crippen LogP contribution in [0.4, 0.5) is 0 Å². The first kappa shape index (κ1) is 41.8. The number of esters is 1. The van der Waals surface area contributed by atoms with Gasteiger partial charge in [-0.1, -0.05) is 132 Å². The van der Waals surface area contributed by atoms with Crippen molar-refractivity contribution >= 4 is 37.8 Å². The number of ether oxygens (including phenoxy) is 1. The van der Waals surface area contributed by atoms with Gasteiger partial charge in [-0.05, 0) is 54.0 Å². The molecule has 0 aromatic heterocycles. The van der Waals surface area contributed by atoms with Crippen molar-refractivity contribution in [3.05, 3.63) is 71.8 Å². The van der Waals surface area contributed by atoms with Crippen LogP contribution in [-0.2, 0) is 30.9 Å². The largest absolute Gasteiger partial charge is 0.469 e. The summed E-state index contributed by atoms with van der Waals surface area (Å²) in [6.07, 6.45) is 2.78. The first-order valence-electron chi connectivity index (χ1n) is 16.9. The molecule has 260 valence electrons. The lowest BCUT2D eigenvalue weighted by atomic mass is 9.69. The molecule has 2 unspecified atom stereocenters. The molecule has 1 amide bonds. The van der Waals surface area contributed by atoms with Gasteiger partial charge in [-0.15, -0.1) is 0 Å². The SMILES string of the molecule is CBr.CC.CC.CC.COC(=O)CC[C@@H](C(=O)N1C2C[C@@H]3CCC2(CS1(=O)=O)C3(C)C)[C@H](NCc1ccccc1)c1ccccc1. The molecule has 3 fully saturated rings. The Morgan fingerprint density at radius 1 is 0.957 bits per heavy atom. The van der Waals surface area contributed by atoms with Crippen LogP contribution in [0.1, 0.15) is 105 Å². The highest BCUT2D eigenvalue weighted by Gasteiger charge is 2.72. The van der Waals surface area contributed by atoms with Crippen LogP contribution in [0.15, 0.2) is 60.7 Å². The summed E-state index contributed by atoms with van der Waals surface area (Å²) in [5.74, 6) is 0.665. The van der Waals surface area contributed by atoms with Crippen LogP contribution in [0.2, 0.25) is 0 Å². The summed E-state index contributed by atoms with van der Waals surface area (Å²) in [6.45, 7) is 16.9. The minimum Gasteiger partial charge on any atom is -0.469 e. The molecule has 2 bridgehead atoms. The maximum absolute atomic E-state index is 14.5. The average Bonchev–Trinajstić information content (AvgIpc) is 3.58. The zero-order valence-corrected chi connectivity index (χ0v) is 32.2. The first-order chi connectivity index (χ1) is 22.1. The third kappa shape index (κ3) is 8.81. The van der Waals surface area contributed by atoms with Gasteiger partial charge < -0.3 is 10.1 Å². The molecule has 3 aliphatic rings. The van der Waals surface area contributed by atoms with E-state index in [1.807, 2.05) is 108 Å². The molecular formula is C37H59BrN2O5S. The highest BCUT2D eigenvalue weighted by Crippen LogP contribution is 2.70. The van der Waals surface area contributed by atoms with Gasteiger partial charge in [0, 0.05) is 24.4 Å². The quantitative estimate of drug-likeness (QED) is 0.206. The third-order valence-electron chi connectivity index (χ3n) is 9.76. The number of carbonyl (C=O) groups excluding carboxylic acids is 2. The minimum atomic E-state index is -3.79. The Kier molecular flexibility index (Phi) is 17.8. The molecule has 5 rings (SSSR count). The summed E-state index contributed by atoms with van der Waals surface area (Å²) in [5.41, 5.74) is 1.39. The number of carbonyl (C=O) groups is 2. The van der Waals surface area contributed by atoms with E-state index in [1.165, 1.54) is 11.4 Å². The van der Waals surface area contributed by atoms with Gasteiger partial charge in [0.25, 0.3) is 0 Å². The number of hydrogen-bond donors (Lipinski definition) is 1. The number of rotatable bonds is 9. The lowest BCUT2D eigenvalue weighted by molar-refractivity contribution is -0.141. The summed E-state index contributed by atoms with van der Waals surface area (Å²) in [5, 5.41) is 3.54. The van der Waals surface area contributed by atoms with E-state index in [1.54, 1.807) is 0 Å². The molecule has 5 atom stereocenters. The molecule has 1 saturated heterocycles. The number of fused-ring (bicyclic) bond motifs is 1. The maximum Gasteiger partial charge on any atom is 0.305 e. The monoisotopic (exact) mass is 722 g/mol. The van der Waals surface area contributed by atoms with E-state index in [0.717, 1.165) is 30.4 Å². The van der Waals surface area contributed by atoms with Crippen LogP contribution in [0, 0.1) is 22.7 Å². The number of sulfonamides is 1. The number of methoxy groups -OCH3 is 1.